The first kappa shape index (κ1) is 15.1. The SMILES string of the molecule is CNC(=O)C(=O)c1snnc1C(=O)Nc1ccc(Cl)cc1. The van der Waals surface area contributed by atoms with E-state index in [-0.39, 0.29) is 10.6 Å². The molecule has 9 heteroatoms. The minimum atomic E-state index is -0.853. The van der Waals surface area contributed by atoms with Crippen LogP contribution in [0, 0.1) is 0 Å². The molecule has 0 radical (unpaired) electrons. The maximum Gasteiger partial charge on any atom is 0.293 e. The summed E-state index contributed by atoms with van der Waals surface area (Å²) in [5.74, 6) is -2.31. The Labute approximate surface area is 128 Å². The molecule has 0 saturated heterocycles. The third kappa shape index (κ3) is 3.41. The number of ketones is 1. The van der Waals surface area contributed by atoms with Crippen LogP contribution in [0.25, 0.3) is 0 Å². The lowest BCUT2D eigenvalue weighted by molar-refractivity contribution is -0.116. The highest BCUT2D eigenvalue weighted by molar-refractivity contribution is 7.09. The molecule has 21 heavy (non-hydrogen) atoms. The number of anilines is 1. The van der Waals surface area contributed by atoms with Gasteiger partial charge in [-0.1, -0.05) is 16.1 Å². The van der Waals surface area contributed by atoms with Gasteiger partial charge in [-0.3, -0.25) is 14.4 Å². The lowest BCUT2D eigenvalue weighted by atomic mass is 10.2. The highest BCUT2D eigenvalue weighted by Crippen LogP contribution is 2.16. The highest BCUT2D eigenvalue weighted by atomic mass is 35.5. The molecule has 2 aromatic rings. The summed E-state index contributed by atoms with van der Waals surface area (Å²) in [6, 6.07) is 6.40. The van der Waals surface area contributed by atoms with Gasteiger partial charge < -0.3 is 10.6 Å². The van der Waals surface area contributed by atoms with Crippen LogP contribution in [0.1, 0.15) is 20.2 Å². The number of hydrogen-bond acceptors (Lipinski definition) is 6. The Morgan fingerprint density at radius 1 is 1.19 bits per heavy atom. The molecule has 0 aliphatic carbocycles. The number of nitrogens with zero attached hydrogens (tertiary/aromatic N) is 2. The lowest BCUT2D eigenvalue weighted by Crippen LogP contribution is -2.28. The molecule has 1 heterocycles. The number of benzene rings is 1. The van der Waals surface area contributed by atoms with Gasteiger partial charge >= 0.3 is 0 Å². The molecule has 2 N–H and O–H groups in total. The Kier molecular flexibility index (Phi) is 4.61. The molecule has 0 spiro atoms. The fraction of sp³-hybridized carbons (Fsp3) is 0.0833. The van der Waals surface area contributed by atoms with Crippen LogP contribution in [-0.2, 0) is 4.79 Å². The number of likely N-dealkylation sites (N-methyl/N-ethyl adjacent to an activating group) is 1. The first-order valence-electron chi connectivity index (χ1n) is 5.68. The van der Waals surface area contributed by atoms with Crippen LogP contribution in [0.3, 0.4) is 0 Å². The van der Waals surface area contributed by atoms with Crippen LogP contribution >= 0.6 is 23.1 Å². The molecule has 0 bridgehead atoms. The van der Waals surface area contributed by atoms with Crippen LogP contribution in [0.15, 0.2) is 24.3 Å². The fourth-order valence-corrected chi connectivity index (χ4v) is 2.15. The second-order valence-corrected chi connectivity index (χ2v) is 5.01. The zero-order valence-corrected chi connectivity index (χ0v) is 12.3. The number of halogens is 1. The Morgan fingerprint density at radius 3 is 2.48 bits per heavy atom. The van der Waals surface area contributed by atoms with Crippen LogP contribution < -0.4 is 10.6 Å². The van der Waals surface area contributed by atoms with Crippen molar-refractivity contribution in [3.63, 3.8) is 0 Å². The molecule has 2 rings (SSSR count). The van der Waals surface area contributed by atoms with Crippen molar-refractivity contribution >= 4 is 46.4 Å². The average Bonchev–Trinajstić information content (AvgIpc) is 2.97. The van der Waals surface area contributed by atoms with Crippen LogP contribution in [0.5, 0.6) is 0 Å². The van der Waals surface area contributed by atoms with Gasteiger partial charge in [0.25, 0.3) is 17.6 Å². The summed E-state index contributed by atoms with van der Waals surface area (Å²) in [5, 5.41) is 8.86. The summed E-state index contributed by atoms with van der Waals surface area (Å²) in [4.78, 5) is 35.1. The molecule has 0 fully saturated rings. The van der Waals surface area contributed by atoms with Gasteiger partial charge in [-0.15, -0.1) is 5.10 Å². The lowest BCUT2D eigenvalue weighted by Gasteiger charge is -2.04. The molecule has 2 amide bonds. The number of carbonyl (C=O) groups excluding carboxylic acids is 3. The maximum absolute atomic E-state index is 12.1. The van der Waals surface area contributed by atoms with E-state index < -0.39 is 17.6 Å². The summed E-state index contributed by atoms with van der Waals surface area (Å²) in [7, 11) is 1.32. The molecular weight excluding hydrogens is 316 g/mol. The second-order valence-electron chi connectivity index (χ2n) is 3.82. The number of aromatic nitrogens is 2. The minimum Gasteiger partial charge on any atom is -0.352 e. The zero-order chi connectivity index (χ0) is 15.4. The summed E-state index contributed by atoms with van der Waals surface area (Å²) < 4.78 is 3.55. The van der Waals surface area contributed by atoms with Crippen molar-refractivity contribution in [3.05, 3.63) is 39.9 Å². The Bertz CT molecular complexity index is 699. The first-order chi connectivity index (χ1) is 10.0. The Balaban J connectivity index is 2.21. The van der Waals surface area contributed by atoms with Crippen molar-refractivity contribution in [1.82, 2.24) is 14.9 Å². The van der Waals surface area contributed by atoms with E-state index in [2.05, 4.69) is 20.2 Å². The molecule has 0 unspecified atom stereocenters. The monoisotopic (exact) mass is 324 g/mol. The van der Waals surface area contributed by atoms with Gasteiger partial charge in [0.05, 0.1) is 0 Å². The van der Waals surface area contributed by atoms with Crippen LogP contribution in [0.4, 0.5) is 5.69 Å². The standard InChI is InChI=1S/C12H9ClN4O3S/c1-14-12(20)9(18)10-8(16-17-21-10)11(19)15-7-4-2-6(13)3-5-7/h2-5H,1H3,(H,14,20)(H,15,19). The van der Waals surface area contributed by atoms with E-state index in [4.69, 9.17) is 11.6 Å². The summed E-state index contributed by atoms with van der Waals surface area (Å²) in [6.45, 7) is 0. The van der Waals surface area contributed by atoms with Gasteiger partial charge in [0.15, 0.2) is 5.69 Å². The number of carbonyl (C=O) groups is 3. The maximum atomic E-state index is 12.1. The molecule has 1 aromatic heterocycles. The molecule has 0 aliphatic rings. The number of Topliss-reactive ketones (excluding diaryl/α,β-unsaturated/α-hetero) is 1. The van der Waals surface area contributed by atoms with Gasteiger partial charge in [0.2, 0.25) is 0 Å². The van der Waals surface area contributed by atoms with Gasteiger partial charge in [0.1, 0.15) is 4.88 Å². The Hall–Kier alpha value is -2.32. The predicted octanol–water partition coefficient (Wildman–Crippen LogP) is 1.37. The van der Waals surface area contributed by atoms with Crippen molar-refractivity contribution in [1.29, 1.82) is 0 Å². The van der Waals surface area contributed by atoms with E-state index in [1.165, 1.54) is 7.05 Å². The van der Waals surface area contributed by atoms with Crippen molar-refractivity contribution in [2.24, 2.45) is 0 Å². The molecule has 108 valence electrons. The second kappa shape index (κ2) is 6.42. The van der Waals surface area contributed by atoms with Gasteiger partial charge in [-0.05, 0) is 35.8 Å². The zero-order valence-electron chi connectivity index (χ0n) is 10.7. The molecule has 0 atom stereocenters. The van der Waals surface area contributed by atoms with E-state index in [0.717, 1.165) is 0 Å². The van der Waals surface area contributed by atoms with Gasteiger partial charge in [-0.2, -0.15) is 0 Å². The largest absolute Gasteiger partial charge is 0.352 e. The summed E-state index contributed by atoms with van der Waals surface area (Å²) >= 11 is 6.43. The van der Waals surface area contributed by atoms with E-state index >= 15 is 0 Å². The quantitative estimate of drug-likeness (QED) is 0.653. The molecular formula is C12H9ClN4O3S. The van der Waals surface area contributed by atoms with Gasteiger partial charge in [0, 0.05) is 17.8 Å². The van der Waals surface area contributed by atoms with E-state index in [9.17, 15) is 14.4 Å². The smallest absolute Gasteiger partial charge is 0.293 e. The number of hydrogen-bond donors (Lipinski definition) is 2. The topological polar surface area (TPSA) is 101 Å². The fourth-order valence-electron chi connectivity index (χ4n) is 1.43. The summed E-state index contributed by atoms with van der Waals surface area (Å²) in [6.07, 6.45) is 0. The number of nitrogens with one attached hydrogen (secondary N) is 2. The third-order valence-electron chi connectivity index (χ3n) is 2.44. The van der Waals surface area contributed by atoms with Crippen molar-refractivity contribution in [3.8, 4) is 0 Å². The van der Waals surface area contributed by atoms with Crippen LogP contribution in [-0.4, -0.2) is 34.2 Å². The number of amides is 2. The van der Waals surface area contributed by atoms with Crippen molar-refractivity contribution in [2.45, 2.75) is 0 Å². The average molecular weight is 325 g/mol. The molecule has 0 aliphatic heterocycles. The van der Waals surface area contributed by atoms with Crippen molar-refractivity contribution < 1.29 is 14.4 Å². The first-order valence-corrected chi connectivity index (χ1v) is 6.83. The van der Waals surface area contributed by atoms with E-state index in [0.29, 0.717) is 22.2 Å². The third-order valence-corrected chi connectivity index (χ3v) is 3.42. The van der Waals surface area contributed by atoms with Gasteiger partial charge in [-0.25, -0.2) is 0 Å². The predicted molar refractivity (Wildman–Crippen MR) is 77.7 cm³/mol. The summed E-state index contributed by atoms with van der Waals surface area (Å²) in [5.41, 5.74) is 0.291. The van der Waals surface area contributed by atoms with E-state index in [1.54, 1.807) is 24.3 Å². The number of rotatable bonds is 4. The van der Waals surface area contributed by atoms with Crippen LogP contribution in [0.2, 0.25) is 5.02 Å². The van der Waals surface area contributed by atoms with E-state index in [1.807, 2.05) is 0 Å². The highest BCUT2D eigenvalue weighted by Gasteiger charge is 2.26. The molecule has 1 aromatic carbocycles. The van der Waals surface area contributed by atoms with Crippen molar-refractivity contribution in [2.75, 3.05) is 12.4 Å². The molecule has 7 nitrogen and oxygen atoms in total. The normalized spacial score (nSPS) is 10.0. The Morgan fingerprint density at radius 2 is 1.86 bits per heavy atom. The molecule has 0 saturated carbocycles. The minimum absolute atomic E-state index is 0.110.